The molecule has 2 aromatic carbocycles. The Bertz CT molecular complexity index is 1250. The van der Waals surface area contributed by atoms with Gasteiger partial charge in [-0.15, -0.1) is 0 Å². The number of aromatic carboxylic acids is 1. The molecule has 148 valence electrons. The van der Waals surface area contributed by atoms with Crippen LogP contribution in [0, 0.1) is 0 Å². The predicted molar refractivity (Wildman–Crippen MR) is 106 cm³/mol. The molecule has 0 saturated carbocycles. The molecule has 0 fully saturated rings. The van der Waals surface area contributed by atoms with Gasteiger partial charge in [0.15, 0.2) is 5.65 Å². The Balaban J connectivity index is 1.35. The number of carbonyl (C=O) groups is 2. The highest BCUT2D eigenvalue weighted by Crippen LogP contribution is 2.44. The molecule has 0 spiro atoms. The van der Waals surface area contributed by atoms with Gasteiger partial charge in [0.05, 0.1) is 6.20 Å². The molecule has 2 N–H and O–H groups in total. The smallest absolute Gasteiger partial charge is 0.414 e. The van der Waals surface area contributed by atoms with Gasteiger partial charge < -0.3 is 9.84 Å². The maximum atomic E-state index is 12.4. The van der Waals surface area contributed by atoms with Crippen molar-refractivity contribution in [2.24, 2.45) is 0 Å². The third-order valence-electron chi connectivity index (χ3n) is 5.09. The molecule has 9 heteroatoms. The number of fused-ring (bicyclic) bond motifs is 4. The number of nitrogens with zero attached hydrogens (tertiary/aromatic N) is 4. The molecule has 0 radical (unpaired) electrons. The first-order valence-electron chi connectivity index (χ1n) is 9.17. The Labute approximate surface area is 170 Å². The van der Waals surface area contributed by atoms with Crippen molar-refractivity contribution in [3.05, 3.63) is 77.7 Å². The van der Waals surface area contributed by atoms with E-state index in [4.69, 9.17) is 4.74 Å². The summed E-state index contributed by atoms with van der Waals surface area (Å²) in [5, 5.41) is 15.6. The Morgan fingerprint density at radius 1 is 1.03 bits per heavy atom. The Kier molecular flexibility index (Phi) is 4.13. The van der Waals surface area contributed by atoms with E-state index >= 15 is 0 Å². The quantitative estimate of drug-likeness (QED) is 0.539. The van der Waals surface area contributed by atoms with Crippen LogP contribution in [0.15, 0.2) is 61.1 Å². The highest BCUT2D eigenvalue weighted by Gasteiger charge is 2.29. The number of nitrogens with one attached hydrogen (secondary N) is 1. The fourth-order valence-electron chi connectivity index (χ4n) is 3.78. The number of ether oxygens (including phenoxy) is 1. The molecule has 1 amide bonds. The minimum Gasteiger partial charge on any atom is -0.477 e. The lowest BCUT2D eigenvalue weighted by Crippen LogP contribution is -2.20. The van der Waals surface area contributed by atoms with Crippen LogP contribution >= 0.6 is 0 Å². The standard InChI is InChI=1S/C21H15N5O4/c27-19(28)16-9-24-26-18(16)22-11-23-20(26)25-21(29)30-10-17-14-7-3-1-5-12(14)13-6-2-4-8-15(13)17/h1-9,11,17H,10H2,(H,27,28)(H,22,23,25,29). The number of carboxylic acid groups (broad SMARTS) is 1. The zero-order chi connectivity index (χ0) is 20.7. The first-order valence-corrected chi connectivity index (χ1v) is 9.17. The molecule has 0 aliphatic heterocycles. The Morgan fingerprint density at radius 3 is 2.37 bits per heavy atom. The summed E-state index contributed by atoms with van der Waals surface area (Å²) in [6, 6.07) is 16.1. The lowest BCUT2D eigenvalue weighted by atomic mass is 9.98. The molecular weight excluding hydrogens is 386 g/mol. The number of hydrogen-bond donors (Lipinski definition) is 2. The van der Waals surface area contributed by atoms with Crippen molar-refractivity contribution in [3.8, 4) is 11.1 Å². The molecule has 5 rings (SSSR count). The lowest BCUT2D eigenvalue weighted by Gasteiger charge is -2.14. The third-order valence-corrected chi connectivity index (χ3v) is 5.09. The largest absolute Gasteiger partial charge is 0.477 e. The summed E-state index contributed by atoms with van der Waals surface area (Å²) in [4.78, 5) is 31.5. The van der Waals surface area contributed by atoms with E-state index in [0.29, 0.717) is 0 Å². The van der Waals surface area contributed by atoms with Gasteiger partial charge in [-0.2, -0.15) is 9.61 Å². The van der Waals surface area contributed by atoms with Crippen LogP contribution in [0.25, 0.3) is 16.8 Å². The number of aromatic nitrogens is 4. The first-order chi connectivity index (χ1) is 14.6. The zero-order valence-corrected chi connectivity index (χ0v) is 15.5. The van der Waals surface area contributed by atoms with Crippen molar-refractivity contribution < 1.29 is 19.4 Å². The molecule has 30 heavy (non-hydrogen) atoms. The van der Waals surface area contributed by atoms with Crippen molar-refractivity contribution in [1.82, 2.24) is 19.6 Å². The number of carbonyl (C=O) groups excluding carboxylic acids is 1. The van der Waals surface area contributed by atoms with Crippen LogP contribution in [0.1, 0.15) is 27.4 Å². The number of amides is 1. The van der Waals surface area contributed by atoms with Crippen molar-refractivity contribution >= 4 is 23.7 Å². The van der Waals surface area contributed by atoms with Crippen LogP contribution in [-0.2, 0) is 4.74 Å². The molecule has 1 aliphatic rings. The first kappa shape index (κ1) is 17.8. The molecule has 0 saturated heterocycles. The number of hydrogen-bond acceptors (Lipinski definition) is 6. The van der Waals surface area contributed by atoms with E-state index in [1.165, 1.54) is 0 Å². The summed E-state index contributed by atoms with van der Waals surface area (Å²) in [6.07, 6.45) is 1.59. The molecule has 0 bridgehead atoms. The predicted octanol–water partition coefficient (Wildman–Crippen LogP) is 3.18. The normalized spacial score (nSPS) is 12.4. The van der Waals surface area contributed by atoms with Crippen LogP contribution < -0.4 is 5.32 Å². The number of carboxylic acids is 1. The van der Waals surface area contributed by atoms with E-state index in [0.717, 1.165) is 39.3 Å². The van der Waals surface area contributed by atoms with Crippen LogP contribution in [0.2, 0.25) is 0 Å². The number of rotatable bonds is 4. The Hall–Kier alpha value is -4.27. The van der Waals surface area contributed by atoms with Gasteiger partial charge in [-0.05, 0) is 22.3 Å². The Morgan fingerprint density at radius 2 is 1.70 bits per heavy atom. The van der Waals surface area contributed by atoms with Crippen LogP contribution in [0.4, 0.5) is 10.7 Å². The minimum atomic E-state index is -1.17. The average Bonchev–Trinajstić information content (AvgIpc) is 3.33. The highest BCUT2D eigenvalue weighted by atomic mass is 16.5. The fraction of sp³-hybridized carbons (Fsp3) is 0.0952. The van der Waals surface area contributed by atoms with Crippen molar-refractivity contribution in [2.75, 3.05) is 11.9 Å². The van der Waals surface area contributed by atoms with E-state index in [1.54, 1.807) is 0 Å². The van der Waals surface area contributed by atoms with E-state index in [-0.39, 0.29) is 29.7 Å². The van der Waals surface area contributed by atoms with Crippen LogP contribution in [0.3, 0.4) is 0 Å². The highest BCUT2D eigenvalue weighted by molar-refractivity contribution is 5.94. The summed E-state index contributed by atoms with van der Waals surface area (Å²) in [5.74, 6) is -1.22. The number of anilines is 1. The van der Waals surface area contributed by atoms with Gasteiger partial charge in [0.1, 0.15) is 18.5 Å². The average molecular weight is 401 g/mol. The van der Waals surface area contributed by atoms with E-state index in [2.05, 4.69) is 32.5 Å². The van der Waals surface area contributed by atoms with Gasteiger partial charge in [-0.3, -0.25) is 5.32 Å². The van der Waals surface area contributed by atoms with Crippen LogP contribution in [-0.4, -0.2) is 43.4 Å². The van der Waals surface area contributed by atoms with E-state index in [1.807, 2.05) is 36.4 Å². The maximum Gasteiger partial charge on any atom is 0.414 e. The maximum absolute atomic E-state index is 12.4. The van der Waals surface area contributed by atoms with Gasteiger partial charge in [0.25, 0.3) is 0 Å². The van der Waals surface area contributed by atoms with Crippen molar-refractivity contribution in [1.29, 1.82) is 0 Å². The zero-order valence-electron chi connectivity index (χ0n) is 15.5. The van der Waals surface area contributed by atoms with Crippen molar-refractivity contribution in [2.45, 2.75) is 5.92 Å². The molecular formula is C21H15N5O4. The SMILES string of the molecule is O=C(Nc1ncnc2c(C(=O)O)cnn12)OCC1c2ccccc2-c2ccccc21. The monoisotopic (exact) mass is 401 g/mol. The molecule has 1 aliphatic carbocycles. The summed E-state index contributed by atoms with van der Waals surface area (Å²) in [6.45, 7) is 0.146. The van der Waals surface area contributed by atoms with E-state index < -0.39 is 12.1 Å². The van der Waals surface area contributed by atoms with Gasteiger partial charge in [0.2, 0.25) is 5.95 Å². The summed E-state index contributed by atoms with van der Waals surface area (Å²) in [5.41, 5.74) is 4.47. The van der Waals surface area contributed by atoms with Gasteiger partial charge >= 0.3 is 12.1 Å². The molecule has 2 heterocycles. The van der Waals surface area contributed by atoms with Gasteiger partial charge in [0, 0.05) is 5.92 Å². The summed E-state index contributed by atoms with van der Waals surface area (Å²) < 4.78 is 6.62. The third kappa shape index (κ3) is 2.84. The second-order valence-electron chi connectivity index (χ2n) is 6.75. The molecule has 4 aromatic rings. The lowest BCUT2D eigenvalue weighted by molar-refractivity contribution is 0.0698. The van der Waals surface area contributed by atoms with Gasteiger partial charge in [-0.1, -0.05) is 48.5 Å². The molecule has 9 nitrogen and oxygen atoms in total. The van der Waals surface area contributed by atoms with E-state index in [9.17, 15) is 14.7 Å². The number of benzene rings is 2. The summed E-state index contributed by atoms with van der Waals surface area (Å²) in [7, 11) is 0. The van der Waals surface area contributed by atoms with Gasteiger partial charge in [-0.25, -0.2) is 19.6 Å². The molecule has 2 aromatic heterocycles. The topological polar surface area (TPSA) is 119 Å². The second kappa shape index (κ2) is 6.96. The molecule has 0 atom stereocenters. The summed E-state index contributed by atoms with van der Waals surface area (Å²) >= 11 is 0. The minimum absolute atomic E-state index is 0.0183. The second-order valence-corrected chi connectivity index (χ2v) is 6.75. The van der Waals surface area contributed by atoms with Crippen molar-refractivity contribution in [3.63, 3.8) is 0 Å². The van der Waals surface area contributed by atoms with Crippen LogP contribution in [0.5, 0.6) is 0 Å². The fourth-order valence-corrected chi connectivity index (χ4v) is 3.78. The molecule has 0 unspecified atom stereocenters.